The highest BCUT2D eigenvalue weighted by Crippen LogP contribution is 2.53. The van der Waals surface area contributed by atoms with Crippen molar-refractivity contribution in [2.24, 2.45) is 5.41 Å². The number of amides is 1. The third-order valence-electron chi connectivity index (χ3n) is 5.96. The number of nitrogens with zero attached hydrogens (tertiary/aromatic N) is 1. The van der Waals surface area contributed by atoms with Gasteiger partial charge in [0.15, 0.2) is 0 Å². The largest absolute Gasteiger partial charge is 0.500 e. The number of nitrogens with one attached hydrogen (secondary N) is 1. The van der Waals surface area contributed by atoms with Crippen molar-refractivity contribution in [2.75, 3.05) is 31.2 Å². The average Bonchev–Trinajstić information content (AvgIpc) is 3.45. The summed E-state index contributed by atoms with van der Waals surface area (Å²) in [6.45, 7) is 9.35. The van der Waals surface area contributed by atoms with Crippen LogP contribution < -0.4 is 10.2 Å². The van der Waals surface area contributed by atoms with E-state index in [1.807, 2.05) is 0 Å². The Morgan fingerprint density at radius 1 is 1.14 bits per heavy atom. The molecule has 1 aromatic rings. The van der Waals surface area contributed by atoms with Crippen molar-refractivity contribution in [3.8, 4) is 0 Å². The first-order chi connectivity index (χ1) is 16.4. The zero-order valence-electron chi connectivity index (χ0n) is 20.7. The molecule has 1 atom stereocenters. The van der Waals surface area contributed by atoms with Gasteiger partial charge in [0.25, 0.3) is 0 Å². The molecule has 0 radical (unpaired) electrons. The molecule has 3 rings (SSSR count). The van der Waals surface area contributed by atoms with Crippen molar-refractivity contribution in [2.45, 2.75) is 59.1 Å². The van der Waals surface area contributed by atoms with E-state index in [0.29, 0.717) is 6.54 Å². The van der Waals surface area contributed by atoms with Crippen LogP contribution in [0.15, 0.2) is 24.0 Å². The number of rotatable bonds is 8. The van der Waals surface area contributed by atoms with E-state index in [1.54, 1.807) is 39.5 Å². The maximum atomic E-state index is 15.2. The van der Waals surface area contributed by atoms with Gasteiger partial charge in [0.1, 0.15) is 29.1 Å². The van der Waals surface area contributed by atoms with Crippen LogP contribution >= 0.6 is 0 Å². The molecular weight excluding hydrogens is 462 g/mol. The number of Topliss-reactive ketones (excluding diaryl/α,β-unsaturated/α-hetero) is 1. The molecule has 2 fully saturated rings. The number of esters is 1. The van der Waals surface area contributed by atoms with Crippen molar-refractivity contribution in [1.82, 2.24) is 5.32 Å². The normalized spacial score (nSPS) is 18.9. The van der Waals surface area contributed by atoms with E-state index in [9.17, 15) is 14.4 Å². The molecule has 0 aromatic heterocycles. The molecule has 1 aliphatic heterocycles. The lowest BCUT2D eigenvalue weighted by Crippen LogP contribution is -2.44. The molecule has 1 aromatic carbocycles. The van der Waals surface area contributed by atoms with E-state index >= 15 is 8.78 Å². The first-order valence-corrected chi connectivity index (χ1v) is 11.7. The van der Waals surface area contributed by atoms with E-state index in [4.69, 9.17) is 14.2 Å². The first kappa shape index (κ1) is 26.4. The number of hydrogen-bond donors (Lipinski definition) is 1. The standard InChI is InChI=1S/C25H32F2N2O6/c1-6-33-13-16(22(31)34-7-2)21(30)15-10-18(27)19(11-17(15)26)29-12-20(25(14-29)8-9-25)28-23(32)35-24(3,4)5/h10-11,13,20H,6-9,12,14H2,1-5H3,(H,28,32)/b16-13-/t20-/m1/s1. The monoisotopic (exact) mass is 494 g/mol. The van der Waals surface area contributed by atoms with Crippen LogP contribution in [0.1, 0.15) is 57.8 Å². The van der Waals surface area contributed by atoms with E-state index in [2.05, 4.69) is 5.32 Å². The minimum Gasteiger partial charge on any atom is -0.500 e. The van der Waals surface area contributed by atoms with Gasteiger partial charge in [-0.25, -0.2) is 18.4 Å². The van der Waals surface area contributed by atoms with Crippen LogP contribution in [0.2, 0.25) is 0 Å². The lowest BCUT2D eigenvalue weighted by atomic mass is 10.0. The van der Waals surface area contributed by atoms with Crippen molar-refractivity contribution >= 4 is 23.5 Å². The highest BCUT2D eigenvalue weighted by atomic mass is 19.1. The second-order valence-electron chi connectivity index (χ2n) is 9.76. The summed E-state index contributed by atoms with van der Waals surface area (Å²) < 4.78 is 45.4. The summed E-state index contributed by atoms with van der Waals surface area (Å²) in [4.78, 5) is 38.9. The smallest absolute Gasteiger partial charge is 0.407 e. The Morgan fingerprint density at radius 3 is 2.40 bits per heavy atom. The quantitative estimate of drug-likeness (QED) is 0.145. The van der Waals surface area contributed by atoms with Crippen LogP contribution in [0.25, 0.3) is 0 Å². The fourth-order valence-corrected chi connectivity index (χ4v) is 4.14. The van der Waals surface area contributed by atoms with Gasteiger partial charge in [0, 0.05) is 24.6 Å². The highest BCUT2D eigenvalue weighted by molar-refractivity contribution is 6.24. The molecule has 1 aliphatic carbocycles. The lowest BCUT2D eigenvalue weighted by molar-refractivity contribution is -0.138. The highest BCUT2D eigenvalue weighted by Gasteiger charge is 2.56. The Kier molecular flexibility index (Phi) is 7.71. The molecule has 10 heteroatoms. The molecule has 1 saturated heterocycles. The van der Waals surface area contributed by atoms with Crippen LogP contribution in [-0.4, -0.2) is 55.8 Å². The van der Waals surface area contributed by atoms with E-state index in [1.165, 1.54) is 0 Å². The van der Waals surface area contributed by atoms with Gasteiger partial charge in [-0.05, 0) is 53.5 Å². The third kappa shape index (κ3) is 6.10. The fourth-order valence-electron chi connectivity index (χ4n) is 4.14. The maximum absolute atomic E-state index is 15.2. The summed E-state index contributed by atoms with van der Waals surface area (Å²) in [6.07, 6.45) is 2.03. The van der Waals surface area contributed by atoms with Crippen LogP contribution in [0.3, 0.4) is 0 Å². The number of ketones is 1. The summed E-state index contributed by atoms with van der Waals surface area (Å²) in [5.41, 5.74) is -2.04. The number of halogens is 2. The van der Waals surface area contributed by atoms with E-state index in [0.717, 1.165) is 31.2 Å². The Labute approximate surface area is 203 Å². The number of alkyl carbamates (subject to hydrolysis) is 1. The van der Waals surface area contributed by atoms with E-state index in [-0.39, 0.29) is 36.9 Å². The number of anilines is 1. The average molecular weight is 495 g/mol. The zero-order valence-corrected chi connectivity index (χ0v) is 20.7. The second-order valence-corrected chi connectivity index (χ2v) is 9.76. The van der Waals surface area contributed by atoms with Gasteiger partial charge in [0.2, 0.25) is 5.78 Å². The van der Waals surface area contributed by atoms with Crippen molar-refractivity contribution in [3.05, 3.63) is 41.2 Å². The molecule has 0 unspecified atom stereocenters. The molecule has 1 saturated carbocycles. The van der Waals surface area contributed by atoms with Gasteiger partial charge in [0.05, 0.1) is 30.5 Å². The number of benzene rings is 1. The van der Waals surface area contributed by atoms with Gasteiger partial charge in [-0.15, -0.1) is 0 Å². The number of carbonyl (C=O) groups excluding carboxylic acids is 3. The molecule has 1 amide bonds. The molecular formula is C25H32F2N2O6. The Bertz CT molecular complexity index is 1030. The van der Waals surface area contributed by atoms with E-state index < -0.39 is 46.2 Å². The van der Waals surface area contributed by atoms with Crippen LogP contribution in [0, 0.1) is 17.0 Å². The number of hydrogen-bond acceptors (Lipinski definition) is 7. The minimum atomic E-state index is -1.04. The molecule has 2 aliphatic rings. The Hall–Kier alpha value is -3.17. The number of carbonyl (C=O) groups is 3. The molecule has 0 bridgehead atoms. The lowest BCUT2D eigenvalue weighted by Gasteiger charge is -2.24. The van der Waals surface area contributed by atoms with Crippen molar-refractivity contribution in [3.63, 3.8) is 0 Å². The Balaban J connectivity index is 1.82. The SMILES string of the molecule is CCO/C=C(\C(=O)OCC)C(=O)c1cc(F)c(N2C[C@@H](NC(=O)OC(C)(C)C)C3(CC3)C2)cc1F. The zero-order chi connectivity index (χ0) is 26.0. The molecule has 1 N–H and O–H groups in total. The summed E-state index contributed by atoms with van der Waals surface area (Å²) in [5.74, 6) is -3.82. The van der Waals surface area contributed by atoms with Crippen molar-refractivity contribution < 1.29 is 37.4 Å². The van der Waals surface area contributed by atoms with Gasteiger partial charge < -0.3 is 24.4 Å². The van der Waals surface area contributed by atoms with Crippen LogP contribution in [0.5, 0.6) is 0 Å². The molecule has 192 valence electrons. The summed E-state index contributed by atoms with van der Waals surface area (Å²) in [6, 6.07) is 1.43. The predicted octanol–water partition coefficient (Wildman–Crippen LogP) is 4.12. The van der Waals surface area contributed by atoms with Crippen LogP contribution in [-0.2, 0) is 19.0 Å². The molecule has 1 heterocycles. The fraction of sp³-hybridized carbons (Fsp3) is 0.560. The van der Waals surface area contributed by atoms with Crippen LogP contribution in [0.4, 0.5) is 19.3 Å². The molecule has 35 heavy (non-hydrogen) atoms. The number of ether oxygens (including phenoxy) is 3. The third-order valence-corrected chi connectivity index (χ3v) is 5.96. The van der Waals surface area contributed by atoms with Gasteiger partial charge in [-0.1, -0.05) is 0 Å². The second kappa shape index (κ2) is 10.2. The van der Waals surface area contributed by atoms with Gasteiger partial charge in [-0.2, -0.15) is 0 Å². The first-order valence-electron chi connectivity index (χ1n) is 11.7. The summed E-state index contributed by atoms with van der Waals surface area (Å²) in [5, 5.41) is 2.86. The predicted molar refractivity (Wildman–Crippen MR) is 124 cm³/mol. The summed E-state index contributed by atoms with van der Waals surface area (Å²) >= 11 is 0. The maximum Gasteiger partial charge on any atom is 0.407 e. The van der Waals surface area contributed by atoms with Gasteiger partial charge >= 0.3 is 12.1 Å². The minimum absolute atomic E-state index is 0.000562. The molecule has 8 nitrogen and oxygen atoms in total. The van der Waals surface area contributed by atoms with Gasteiger partial charge in [-0.3, -0.25) is 4.79 Å². The topological polar surface area (TPSA) is 94.2 Å². The molecule has 1 spiro atoms. The van der Waals surface area contributed by atoms with Crippen molar-refractivity contribution in [1.29, 1.82) is 0 Å². The Morgan fingerprint density at radius 2 is 1.83 bits per heavy atom. The summed E-state index contributed by atoms with van der Waals surface area (Å²) in [7, 11) is 0.